The van der Waals surface area contributed by atoms with Crippen molar-refractivity contribution in [1.29, 1.82) is 0 Å². The Hall–Kier alpha value is -3.94. The molecule has 7 heteroatoms. The van der Waals surface area contributed by atoms with Crippen LogP contribution in [0.15, 0.2) is 72.8 Å². The summed E-state index contributed by atoms with van der Waals surface area (Å²) >= 11 is 0. The zero-order valence-electron chi connectivity index (χ0n) is 23.9. The van der Waals surface area contributed by atoms with E-state index in [0.29, 0.717) is 12.2 Å². The van der Waals surface area contributed by atoms with E-state index in [4.69, 9.17) is 4.98 Å². The molecule has 1 fully saturated rings. The molecule has 0 bridgehead atoms. The minimum atomic E-state index is -0.663. The molecule has 1 aliphatic rings. The Bertz CT molecular complexity index is 1470. The fraction of sp³-hybridized carbons (Fsp3) is 0.333. The van der Waals surface area contributed by atoms with Crippen LogP contribution in [0, 0.1) is 27.7 Å². The van der Waals surface area contributed by atoms with Gasteiger partial charge in [-0.3, -0.25) is 14.3 Å². The molecule has 0 spiro atoms. The molecule has 1 aromatic heterocycles. The predicted octanol–water partition coefficient (Wildman–Crippen LogP) is 4.69. The van der Waals surface area contributed by atoms with Crippen molar-refractivity contribution in [2.75, 3.05) is 44.2 Å². The molecule has 1 amide bonds. The molecule has 2 heterocycles. The normalized spacial score (nSPS) is 14.8. The van der Waals surface area contributed by atoms with Crippen molar-refractivity contribution in [3.8, 4) is 17.1 Å². The summed E-state index contributed by atoms with van der Waals surface area (Å²) in [7, 11) is 0. The van der Waals surface area contributed by atoms with Crippen molar-refractivity contribution in [3.63, 3.8) is 0 Å². The number of rotatable bonds is 8. The van der Waals surface area contributed by atoms with E-state index >= 15 is 0 Å². The van der Waals surface area contributed by atoms with E-state index in [1.807, 2.05) is 60.0 Å². The third-order valence-corrected chi connectivity index (χ3v) is 7.97. The molecule has 4 aromatic rings. The van der Waals surface area contributed by atoms with E-state index in [9.17, 15) is 9.90 Å². The number of nitrogens with zero attached hydrogens (tertiary/aromatic N) is 4. The van der Waals surface area contributed by atoms with Gasteiger partial charge in [0.2, 0.25) is 0 Å². The number of aliphatic hydroxyl groups excluding tert-OH is 1. The van der Waals surface area contributed by atoms with Gasteiger partial charge in [0.25, 0.3) is 5.91 Å². The standard InChI is InChI=1S/C33H39N5O2/c1-23-12-10-16-30(25(23)3)37-19-17-36(18-20-37)22-28(39)21-34-33(40)31-26(4)38(29-15-9-8-11-24(29)2)32(35-31)27-13-6-5-7-14-27/h5-16,28,39H,17-22H2,1-4H3,(H,34,40). The topological polar surface area (TPSA) is 73.6 Å². The molecule has 0 radical (unpaired) electrons. The highest BCUT2D eigenvalue weighted by atomic mass is 16.3. The number of hydrogen-bond donors (Lipinski definition) is 2. The van der Waals surface area contributed by atoms with Crippen LogP contribution in [-0.4, -0.2) is 70.8 Å². The van der Waals surface area contributed by atoms with Gasteiger partial charge in [-0.15, -0.1) is 0 Å². The Balaban J connectivity index is 1.23. The summed E-state index contributed by atoms with van der Waals surface area (Å²) in [5.41, 5.74) is 8.09. The summed E-state index contributed by atoms with van der Waals surface area (Å²) in [5.74, 6) is 0.445. The number of piperazine rings is 1. The molecule has 1 saturated heterocycles. The highest BCUT2D eigenvalue weighted by Gasteiger charge is 2.24. The highest BCUT2D eigenvalue weighted by Crippen LogP contribution is 2.28. The molecule has 1 atom stereocenters. The van der Waals surface area contributed by atoms with E-state index in [-0.39, 0.29) is 12.5 Å². The minimum absolute atomic E-state index is 0.174. The zero-order valence-corrected chi connectivity index (χ0v) is 23.9. The molecule has 1 unspecified atom stereocenters. The molecular weight excluding hydrogens is 498 g/mol. The summed E-state index contributed by atoms with van der Waals surface area (Å²) in [5, 5.41) is 13.7. The maximum Gasteiger partial charge on any atom is 0.271 e. The number of aliphatic hydroxyl groups is 1. The number of amides is 1. The number of aryl methyl sites for hydroxylation is 2. The molecule has 0 aliphatic carbocycles. The minimum Gasteiger partial charge on any atom is -0.390 e. The summed E-state index contributed by atoms with van der Waals surface area (Å²) in [6, 6.07) is 24.5. The first-order chi connectivity index (χ1) is 19.3. The van der Waals surface area contributed by atoms with Crippen LogP contribution in [0.2, 0.25) is 0 Å². The number of carbonyl (C=O) groups is 1. The monoisotopic (exact) mass is 537 g/mol. The summed E-state index contributed by atoms with van der Waals surface area (Å²) in [4.78, 5) is 22.8. The van der Waals surface area contributed by atoms with Gasteiger partial charge >= 0.3 is 0 Å². The third-order valence-electron chi connectivity index (χ3n) is 7.97. The largest absolute Gasteiger partial charge is 0.390 e. The average molecular weight is 538 g/mol. The molecule has 7 nitrogen and oxygen atoms in total. The number of nitrogens with one attached hydrogen (secondary N) is 1. The summed E-state index contributed by atoms with van der Waals surface area (Å²) < 4.78 is 2.05. The van der Waals surface area contributed by atoms with Gasteiger partial charge in [0.15, 0.2) is 0 Å². The molecule has 1 aliphatic heterocycles. The Morgan fingerprint density at radius 3 is 2.23 bits per heavy atom. The maximum absolute atomic E-state index is 13.3. The number of imidazole rings is 1. The van der Waals surface area contributed by atoms with Crippen molar-refractivity contribution in [1.82, 2.24) is 19.8 Å². The molecule has 208 valence electrons. The lowest BCUT2D eigenvalue weighted by Crippen LogP contribution is -2.50. The maximum atomic E-state index is 13.3. The molecule has 5 rings (SSSR count). The quantitative estimate of drug-likeness (QED) is 0.341. The molecule has 2 N–H and O–H groups in total. The van der Waals surface area contributed by atoms with Crippen LogP contribution in [0.5, 0.6) is 0 Å². The summed E-state index contributed by atoms with van der Waals surface area (Å²) in [6.45, 7) is 12.6. The van der Waals surface area contributed by atoms with Crippen LogP contribution in [0.3, 0.4) is 0 Å². The Labute approximate surface area is 237 Å². The van der Waals surface area contributed by atoms with E-state index in [1.54, 1.807) is 0 Å². The van der Waals surface area contributed by atoms with Crippen molar-refractivity contribution in [2.45, 2.75) is 33.8 Å². The smallest absolute Gasteiger partial charge is 0.271 e. The molecule has 3 aromatic carbocycles. The number of benzene rings is 3. The van der Waals surface area contributed by atoms with Gasteiger partial charge in [0, 0.05) is 50.5 Å². The van der Waals surface area contributed by atoms with Gasteiger partial charge in [-0.25, -0.2) is 4.98 Å². The number of para-hydroxylation sites is 1. The molecule has 0 saturated carbocycles. The SMILES string of the molecule is Cc1ccccc1-n1c(-c2ccccc2)nc(C(=O)NCC(O)CN2CCN(c3cccc(C)c3C)CC2)c1C. The van der Waals surface area contributed by atoms with Gasteiger partial charge in [-0.1, -0.05) is 60.7 Å². The fourth-order valence-corrected chi connectivity index (χ4v) is 5.51. The van der Waals surface area contributed by atoms with E-state index < -0.39 is 6.10 Å². The van der Waals surface area contributed by atoms with Crippen LogP contribution in [0.25, 0.3) is 17.1 Å². The number of β-amino-alcohol motifs (C(OH)–C–C–N with tert-alkyl or cyclic N) is 1. The second-order valence-corrected chi connectivity index (χ2v) is 10.7. The third kappa shape index (κ3) is 5.81. The van der Waals surface area contributed by atoms with Crippen LogP contribution in [0.4, 0.5) is 5.69 Å². The Morgan fingerprint density at radius 1 is 0.850 bits per heavy atom. The second kappa shape index (κ2) is 12.1. The van der Waals surface area contributed by atoms with Crippen molar-refractivity contribution in [2.24, 2.45) is 0 Å². The van der Waals surface area contributed by atoms with Gasteiger partial charge in [0.1, 0.15) is 11.5 Å². The van der Waals surface area contributed by atoms with Crippen molar-refractivity contribution in [3.05, 3.63) is 101 Å². The first-order valence-electron chi connectivity index (χ1n) is 14.0. The number of hydrogen-bond acceptors (Lipinski definition) is 5. The van der Waals surface area contributed by atoms with Gasteiger partial charge < -0.3 is 15.3 Å². The van der Waals surface area contributed by atoms with Gasteiger partial charge in [0.05, 0.1) is 17.5 Å². The average Bonchev–Trinajstić information content (AvgIpc) is 3.31. The van der Waals surface area contributed by atoms with Crippen LogP contribution in [-0.2, 0) is 0 Å². The van der Waals surface area contributed by atoms with Crippen molar-refractivity contribution >= 4 is 11.6 Å². The lowest BCUT2D eigenvalue weighted by molar-refractivity contribution is 0.0847. The van der Waals surface area contributed by atoms with E-state index in [0.717, 1.165) is 54.5 Å². The van der Waals surface area contributed by atoms with Crippen LogP contribution < -0.4 is 10.2 Å². The predicted molar refractivity (Wildman–Crippen MR) is 161 cm³/mol. The lowest BCUT2D eigenvalue weighted by atomic mass is 10.1. The second-order valence-electron chi connectivity index (χ2n) is 10.7. The lowest BCUT2D eigenvalue weighted by Gasteiger charge is -2.37. The molecular formula is C33H39N5O2. The first-order valence-corrected chi connectivity index (χ1v) is 14.0. The van der Waals surface area contributed by atoms with Crippen LogP contribution >= 0.6 is 0 Å². The zero-order chi connectivity index (χ0) is 28.2. The number of anilines is 1. The summed E-state index contributed by atoms with van der Waals surface area (Å²) in [6.07, 6.45) is -0.663. The van der Waals surface area contributed by atoms with Crippen LogP contribution in [0.1, 0.15) is 32.9 Å². The number of aromatic nitrogens is 2. The van der Waals surface area contributed by atoms with Gasteiger partial charge in [-0.05, 0) is 56.5 Å². The van der Waals surface area contributed by atoms with Crippen molar-refractivity contribution < 1.29 is 9.90 Å². The first kappa shape index (κ1) is 27.6. The van der Waals surface area contributed by atoms with E-state index in [2.05, 4.69) is 60.2 Å². The number of carbonyl (C=O) groups excluding carboxylic acids is 1. The van der Waals surface area contributed by atoms with E-state index in [1.165, 1.54) is 16.8 Å². The Morgan fingerprint density at radius 2 is 1.50 bits per heavy atom. The van der Waals surface area contributed by atoms with Gasteiger partial charge in [-0.2, -0.15) is 0 Å². The molecule has 40 heavy (non-hydrogen) atoms. The highest BCUT2D eigenvalue weighted by molar-refractivity contribution is 5.94. The fourth-order valence-electron chi connectivity index (χ4n) is 5.51. The Kier molecular flexibility index (Phi) is 8.33.